The lowest BCUT2D eigenvalue weighted by molar-refractivity contribution is 0.592. The van der Waals surface area contributed by atoms with Gasteiger partial charge in [0.15, 0.2) is 7.14 Å². The van der Waals surface area contributed by atoms with Crippen LogP contribution in [0, 0.1) is 0 Å². The van der Waals surface area contributed by atoms with E-state index in [1.54, 1.807) is 0 Å². The molecule has 5 heteroatoms. The molecule has 0 fully saturated rings. The molecule has 6 aromatic rings. The Morgan fingerprint density at radius 2 is 1.39 bits per heavy atom. The van der Waals surface area contributed by atoms with Crippen LogP contribution >= 0.6 is 7.14 Å². The quantitative estimate of drug-likeness (QED) is 0.300. The number of fused-ring (bicyclic) bond motifs is 4. The molecule has 0 N–H and O–H groups in total. The first-order chi connectivity index (χ1) is 17.7. The summed E-state index contributed by atoms with van der Waals surface area (Å²) < 4.78 is 17.4. The number of nitrogens with zero attached hydrogens (tertiary/aromatic N) is 3. The van der Waals surface area contributed by atoms with E-state index in [0.29, 0.717) is 12.0 Å². The Balaban J connectivity index is 1.51. The molecule has 1 unspecified atom stereocenters. The fourth-order valence-corrected chi connectivity index (χ4v) is 7.77. The van der Waals surface area contributed by atoms with Gasteiger partial charge in [-0.15, -0.1) is 0 Å². The SMILES string of the molecule is O=P(c1ccccc1)(c1ccc2c(c1)c1ccccc1n2-c1ccccc1)c1ccc2c(n1)CN=C2. The van der Waals surface area contributed by atoms with Gasteiger partial charge in [0, 0.05) is 38.8 Å². The third-order valence-electron chi connectivity index (χ3n) is 6.94. The van der Waals surface area contributed by atoms with Crippen molar-refractivity contribution in [3.63, 3.8) is 0 Å². The molecule has 0 saturated heterocycles. The second kappa shape index (κ2) is 8.15. The molecule has 2 aromatic heterocycles. The van der Waals surface area contributed by atoms with Crippen LogP contribution in [0.25, 0.3) is 27.5 Å². The lowest BCUT2D eigenvalue weighted by atomic mass is 10.1. The number of hydrogen-bond acceptors (Lipinski definition) is 3. The predicted molar refractivity (Wildman–Crippen MR) is 149 cm³/mol. The van der Waals surface area contributed by atoms with E-state index in [4.69, 9.17) is 4.98 Å². The van der Waals surface area contributed by atoms with Crippen molar-refractivity contribution < 1.29 is 4.57 Å². The minimum absolute atomic E-state index is 0.529. The zero-order valence-electron chi connectivity index (χ0n) is 19.5. The number of benzene rings is 4. The molecule has 0 aliphatic carbocycles. The van der Waals surface area contributed by atoms with Crippen molar-refractivity contribution >= 4 is 51.2 Å². The number of pyridine rings is 1. The molecule has 1 aliphatic rings. The zero-order chi connectivity index (χ0) is 24.1. The van der Waals surface area contributed by atoms with Crippen molar-refractivity contribution in [1.82, 2.24) is 9.55 Å². The van der Waals surface area contributed by atoms with Crippen LogP contribution in [-0.2, 0) is 11.1 Å². The molecule has 36 heavy (non-hydrogen) atoms. The Morgan fingerprint density at radius 1 is 0.667 bits per heavy atom. The average molecular weight is 484 g/mol. The Labute approximate surface area is 209 Å². The molecule has 1 aliphatic heterocycles. The Hall–Kier alpha value is -4.27. The Bertz CT molecular complexity index is 1840. The first-order valence-corrected chi connectivity index (χ1v) is 13.7. The predicted octanol–water partition coefficient (Wildman–Crippen LogP) is 5.75. The molecule has 0 bridgehead atoms. The topological polar surface area (TPSA) is 47.2 Å². The molecular formula is C31H22N3OP. The average Bonchev–Trinajstić information content (AvgIpc) is 3.55. The van der Waals surface area contributed by atoms with Gasteiger partial charge in [-0.05, 0) is 48.5 Å². The third-order valence-corrected chi connectivity index (χ3v) is 9.87. The maximum atomic E-state index is 15.2. The fraction of sp³-hybridized carbons (Fsp3) is 0.0323. The molecule has 1 atom stereocenters. The summed E-state index contributed by atoms with van der Waals surface area (Å²) in [6.07, 6.45) is 1.84. The molecule has 0 saturated carbocycles. The van der Waals surface area contributed by atoms with Gasteiger partial charge < -0.3 is 9.13 Å². The summed E-state index contributed by atoms with van der Waals surface area (Å²) in [5, 5.41) is 3.77. The molecule has 7 rings (SSSR count). The third kappa shape index (κ3) is 3.12. The van der Waals surface area contributed by atoms with Gasteiger partial charge in [-0.2, -0.15) is 0 Å². The fourth-order valence-electron chi connectivity index (χ4n) is 5.21. The van der Waals surface area contributed by atoms with Gasteiger partial charge in [0.25, 0.3) is 0 Å². The highest BCUT2D eigenvalue weighted by atomic mass is 31.2. The van der Waals surface area contributed by atoms with Gasteiger partial charge in [0.2, 0.25) is 0 Å². The zero-order valence-corrected chi connectivity index (χ0v) is 20.3. The summed E-state index contributed by atoms with van der Waals surface area (Å²) in [7, 11) is -3.23. The number of aromatic nitrogens is 2. The van der Waals surface area contributed by atoms with Crippen molar-refractivity contribution in [2.75, 3.05) is 0 Å². The molecule has 0 amide bonds. The van der Waals surface area contributed by atoms with Crippen LogP contribution in [0.1, 0.15) is 11.3 Å². The number of rotatable bonds is 4. The molecule has 172 valence electrons. The maximum absolute atomic E-state index is 15.2. The van der Waals surface area contributed by atoms with Crippen LogP contribution in [0.3, 0.4) is 0 Å². The summed E-state index contributed by atoms with van der Waals surface area (Å²) in [5.41, 5.74) is 5.79. The first kappa shape index (κ1) is 21.0. The number of hydrogen-bond donors (Lipinski definition) is 0. The molecule has 0 spiro atoms. The van der Waals surface area contributed by atoms with Gasteiger partial charge in [0.1, 0.15) is 5.44 Å². The minimum atomic E-state index is -3.23. The van der Waals surface area contributed by atoms with E-state index in [-0.39, 0.29) is 0 Å². The van der Waals surface area contributed by atoms with E-state index in [9.17, 15) is 0 Å². The van der Waals surface area contributed by atoms with E-state index in [1.807, 2.05) is 60.8 Å². The number of aliphatic imine (C=N–C) groups is 1. The minimum Gasteiger partial charge on any atom is -0.309 e. The molecule has 0 radical (unpaired) electrons. The van der Waals surface area contributed by atoms with E-state index >= 15 is 4.57 Å². The van der Waals surface area contributed by atoms with Crippen LogP contribution in [0.5, 0.6) is 0 Å². The smallest absolute Gasteiger partial charge is 0.188 e. The van der Waals surface area contributed by atoms with E-state index in [2.05, 4.69) is 70.2 Å². The lowest BCUT2D eigenvalue weighted by Gasteiger charge is -2.20. The van der Waals surface area contributed by atoms with Crippen molar-refractivity contribution in [2.24, 2.45) is 4.99 Å². The van der Waals surface area contributed by atoms with Gasteiger partial charge in [-0.1, -0.05) is 66.7 Å². The van der Waals surface area contributed by atoms with Gasteiger partial charge in [0.05, 0.1) is 23.3 Å². The highest BCUT2D eigenvalue weighted by Crippen LogP contribution is 2.43. The maximum Gasteiger partial charge on any atom is 0.188 e. The first-order valence-electron chi connectivity index (χ1n) is 12.0. The highest BCUT2D eigenvalue weighted by molar-refractivity contribution is 7.85. The normalized spacial score (nSPS) is 14.2. The second-order valence-electron chi connectivity index (χ2n) is 9.01. The monoisotopic (exact) mass is 483 g/mol. The molecule has 4 aromatic carbocycles. The van der Waals surface area contributed by atoms with Crippen molar-refractivity contribution in [3.8, 4) is 5.69 Å². The van der Waals surface area contributed by atoms with E-state index in [0.717, 1.165) is 49.4 Å². The largest absolute Gasteiger partial charge is 0.309 e. The second-order valence-corrected chi connectivity index (χ2v) is 11.7. The van der Waals surface area contributed by atoms with Crippen LogP contribution in [-0.4, -0.2) is 15.8 Å². The lowest BCUT2D eigenvalue weighted by Crippen LogP contribution is -2.27. The number of para-hydroxylation sites is 2. The van der Waals surface area contributed by atoms with Crippen LogP contribution in [0.4, 0.5) is 0 Å². The molecule has 3 heterocycles. The summed E-state index contributed by atoms with van der Waals surface area (Å²) in [5.74, 6) is 0. The van der Waals surface area contributed by atoms with Crippen LogP contribution in [0.2, 0.25) is 0 Å². The van der Waals surface area contributed by atoms with Gasteiger partial charge in [-0.25, -0.2) is 4.98 Å². The molecule has 4 nitrogen and oxygen atoms in total. The van der Waals surface area contributed by atoms with Crippen LogP contribution < -0.4 is 16.0 Å². The standard InChI is InChI=1S/C31H22N3OP/c35-36(24-11-5-2-6-12-24,31-18-15-22-20-32-21-28(22)33-31)25-16-17-30-27(19-25)26-13-7-8-14-29(26)34(30)23-9-3-1-4-10-23/h1-20H,21H2. The summed E-state index contributed by atoms with van der Waals surface area (Å²) in [6.45, 7) is 0.529. The Kier molecular flexibility index (Phi) is 4.77. The van der Waals surface area contributed by atoms with Crippen LogP contribution in [0.15, 0.2) is 120 Å². The van der Waals surface area contributed by atoms with Crippen molar-refractivity contribution in [3.05, 3.63) is 127 Å². The molecular weight excluding hydrogens is 461 g/mol. The van der Waals surface area contributed by atoms with Crippen molar-refractivity contribution in [1.29, 1.82) is 0 Å². The summed E-state index contributed by atoms with van der Waals surface area (Å²) in [6, 6.07) is 38.6. The van der Waals surface area contributed by atoms with E-state index in [1.165, 1.54) is 0 Å². The van der Waals surface area contributed by atoms with Crippen molar-refractivity contribution in [2.45, 2.75) is 6.54 Å². The Morgan fingerprint density at radius 3 is 2.22 bits per heavy atom. The van der Waals surface area contributed by atoms with Gasteiger partial charge >= 0.3 is 0 Å². The highest BCUT2D eigenvalue weighted by Gasteiger charge is 2.33. The summed E-state index contributed by atoms with van der Waals surface area (Å²) >= 11 is 0. The summed E-state index contributed by atoms with van der Waals surface area (Å²) in [4.78, 5) is 9.23. The van der Waals surface area contributed by atoms with E-state index < -0.39 is 7.14 Å². The van der Waals surface area contributed by atoms with Gasteiger partial charge in [-0.3, -0.25) is 4.99 Å².